The number of rotatable bonds is 9. The minimum absolute atomic E-state index is 0.0286. The molecule has 0 spiro atoms. The van der Waals surface area contributed by atoms with E-state index in [4.69, 9.17) is 9.84 Å². The van der Waals surface area contributed by atoms with E-state index in [2.05, 4.69) is 12.2 Å². The highest BCUT2D eigenvalue weighted by molar-refractivity contribution is 5.90. The zero-order valence-corrected chi connectivity index (χ0v) is 11.5. The lowest BCUT2D eigenvalue weighted by molar-refractivity contribution is -0.116. The molecule has 19 heavy (non-hydrogen) atoms. The van der Waals surface area contributed by atoms with Gasteiger partial charge in [0, 0.05) is 24.8 Å². The van der Waals surface area contributed by atoms with Gasteiger partial charge >= 0.3 is 0 Å². The number of carbonyl (C=O) groups is 1. The quantitative estimate of drug-likeness (QED) is 0.675. The maximum Gasteiger partial charge on any atom is 0.224 e. The summed E-state index contributed by atoms with van der Waals surface area (Å²) >= 11 is 0. The van der Waals surface area contributed by atoms with Crippen molar-refractivity contribution < 1.29 is 14.6 Å². The van der Waals surface area contributed by atoms with E-state index in [-0.39, 0.29) is 12.5 Å². The zero-order chi connectivity index (χ0) is 13.9. The highest BCUT2D eigenvalue weighted by atomic mass is 16.5. The van der Waals surface area contributed by atoms with Gasteiger partial charge in [-0.2, -0.15) is 0 Å². The number of benzene rings is 1. The molecule has 0 aliphatic heterocycles. The Morgan fingerprint density at radius 1 is 1.32 bits per heavy atom. The van der Waals surface area contributed by atoms with Gasteiger partial charge in [0.25, 0.3) is 0 Å². The Balaban J connectivity index is 2.40. The predicted octanol–water partition coefficient (Wildman–Crippen LogP) is 2.97. The Morgan fingerprint density at radius 2 is 2.16 bits per heavy atom. The van der Waals surface area contributed by atoms with E-state index in [1.54, 1.807) is 0 Å². The molecule has 0 aliphatic rings. The first-order chi connectivity index (χ1) is 9.26. The number of anilines is 1. The summed E-state index contributed by atoms with van der Waals surface area (Å²) in [4.78, 5) is 11.6. The number of nitrogens with one attached hydrogen (secondary N) is 1. The van der Waals surface area contributed by atoms with Crippen molar-refractivity contribution in [2.75, 3.05) is 18.5 Å². The Bertz CT molecular complexity index is 379. The van der Waals surface area contributed by atoms with Crippen LogP contribution in [0.15, 0.2) is 24.3 Å². The summed E-state index contributed by atoms with van der Waals surface area (Å²) < 4.78 is 5.58. The fourth-order valence-electron chi connectivity index (χ4n) is 1.62. The molecule has 106 valence electrons. The smallest absolute Gasteiger partial charge is 0.224 e. The second-order valence-electron chi connectivity index (χ2n) is 4.46. The molecular weight excluding hydrogens is 242 g/mol. The fourth-order valence-corrected chi connectivity index (χ4v) is 1.62. The van der Waals surface area contributed by atoms with E-state index >= 15 is 0 Å². The Hall–Kier alpha value is -1.55. The molecule has 1 aromatic rings. The third-order valence-corrected chi connectivity index (χ3v) is 2.70. The molecule has 0 fully saturated rings. The third-order valence-electron chi connectivity index (χ3n) is 2.70. The van der Waals surface area contributed by atoms with Crippen LogP contribution in [0.2, 0.25) is 0 Å². The van der Waals surface area contributed by atoms with Gasteiger partial charge in [-0.3, -0.25) is 4.79 Å². The maximum atomic E-state index is 11.6. The van der Waals surface area contributed by atoms with Gasteiger partial charge in [-0.25, -0.2) is 0 Å². The molecule has 2 N–H and O–H groups in total. The van der Waals surface area contributed by atoms with Gasteiger partial charge in [-0.15, -0.1) is 0 Å². The monoisotopic (exact) mass is 265 g/mol. The Kier molecular flexibility index (Phi) is 7.66. The molecule has 4 nitrogen and oxygen atoms in total. The Labute approximate surface area is 114 Å². The van der Waals surface area contributed by atoms with Crippen molar-refractivity contribution in [3.63, 3.8) is 0 Å². The molecule has 4 heteroatoms. The average Bonchev–Trinajstić information content (AvgIpc) is 2.40. The molecule has 0 unspecified atom stereocenters. The van der Waals surface area contributed by atoms with Crippen LogP contribution in [0.1, 0.15) is 39.0 Å². The predicted molar refractivity (Wildman–Crippen MR) is 76.4 cm³/mol. The molecule has 0 aliphatic carbocycles. The van der Waals surface area contributed by atoms with E-state index in [1.165, 1.54) is 0 Å². The van der Waals surface area contributed by atoms with Crippen LogP contribution in [-0.4, -0.2) is 24.2 Å². The maximum absolute atomic E-state index is 11.6. The number of carbonyl (C=O) groups excluding carboxylic acids is 1. The van der Waals surface area contributed by atoms with E-state index in [1.807, 2.05) is 24.3 Å². The molecule has 1 amide bonds. The summed E-state index contributed by atoms with van der Waals surface area (Å²) in [5.41, 5.74) is 0.753. The molecule has 0 aromatic heterocycles. The number of ether oxygens (including phenoxy) is 1. The number of aliphatic hydroxyl groups excluding tert-OH is 1. The van der Waals surface area contributed by atoms with E-state index in [0.717, 1.165) is 24.3 Å². The fraction of sp³-hybridized carbons (Fsp3) is 0.533. The molecular formula is C15H23NO3. The van der Waals surface area contributed by atoms with Crippen LogP contribution in [0.5, 0.6) is 5.75 Å². The van der Waals surface area contributed by atoms with Crippen molar-refractivity contribution in [1.82, 2.24) is 0 Å². The van der Waals surface area contributed by atoms with Gasteiger partial charge in [0.1, 0.15) is 5.75 Å². The lowest BCUT2D eigenvalue weighted by Crippen LogP contribution is -2.11. The van der Waals surface area contributed by atoms with Crippen LogP contribution < -0.4 is 10.1 Å². The van der Waals surface area contributed by atoms with Crippen LogP contribution in [-0.2, 0) is 4.79 Å². The first-order valence-electron chi connectivity index (χ1n) is 6.90. The largest absolute Gasteiger partial charge is 0.494 e. The first-order valence-corrected chi connectivity index (χ1v) is 6.90. The first kappa shape index (κ1) is 15.5. The molecule has 0 saturated heterocycles. The van der Waals surface area contributed by atoms with Crippen molar-refractivity contribution in [1.29, 1.82) is 0 Å². The van der Waals surface area contributed by atoms with Crippen molar-refractivity contribution >= 4 is 11.6 Å². The molecule has 0 saturated carbocycles. The highest BCUT2D eigenvalue weighted by Gasteiger charge is 2.03. The summed E-state index contributed by atoms with van der Waals surface area (Å²) in [6.07, 6.45) is 3.92. The lowest BCUT2D eigenvalue weighted by atomic mass is 10.2. The van der Waals surface area contributed by atoms with Gasteiger partial charge in [-0.1, -0.05) is 19.4 Å². The van der Waals surface area contributed by atoms with E-state index in [9.17, 15) is 4.79 Å². The zero-order valence-electron chi connectivity index (χ0n) is 11.5. The topological polar surface area (TPSA) is 58.6 Å². The van der Waals surface area contributed by atoms with Gasteiger partial charge in [0.05, 0.1) is 6.61 Å². The number of amides is 1. The lowest BCUT2D eigenvalue weighted by Gasteiger charge is -2.08. The number of unbranched alkanes of at least 4 members (excludes halogenated alkanes) is 2. The number of hydrogen-bond donors (Lipinski definition) is 2. The summed E-state index contributed by atoms with van der Waals surface area (Å²) in [5, 5.41) is 11.5. The minimum Gasteiger partial charge on any atom is -0.494 e. The summed E-state index contributed by atoms with van der Waals surface area (Å²) in [7, 11) is 0. The van der Waals surface area contributed by atoms with Gasteiger partial charge in [0.2, 0.25) is 5.91 Å². The van der Waals surface area contributed by atoms with E-state index in [0.29, 0.717) is 25.9 Å². The molecule has 0 radical (unpaired) electrons. The highest BCUT2D eigenvalue weighted by Crippen LogP contribution is 2.18. The summed E-state index contributed by atoms with van der Waals surface area (Å²) in [5.74, 6) is 0.751. The normalized spacial score (nSPS) is 10.2. The minimum atomic E-state index is -0.0286. The summed E-state index contributed by atoms with van der Waals surface area (Å²) in [6.45, 7) is 2.95. The average molecular weight is 265 g/mol. The van der Waals surface area contributed by atoms with Crippen molar-refractivity contribution in [3.05, 3.63) is 24.3 Å². The van der Waals surface area contributed by atoms with Crippen LogP contribution in [0, 0.1) is 0 Å². The SMILES string of the molecule is CCCCOc1cccc(NC(=O)CCCCO)c1. The number of aliphatic hydroxyl groups is 1. The number of hydrogen-bond acceptors (Lipinski definition) is 3. The molecule has 0 bridgehead atoms. The molecule has 1 rings (SSSR count). The summed E-state index contributed by atoms with van der Waals surface area (Å²) in [6, 6.07) is 7.43. The molecule has 0 heterocycles. The standard InChI is InChI=1S/C15H23NO3/c1-2-3-11-19-14-8-6-7-13(12-14)16-15(18)9-4-5-10-17/h6-8,12,17H,2-5,9-11H2,1H3,(H,16,18). The van der Waals surface area contributed by atoms with Gasteiger partial charge in [0.15, 0.2) is 0 Å². The second kappa shape index (κ2) is 9.39. The van der Waals surface area contributed by atoms with E-state index < -0.39 is 0 Å². The molecule has 1 aromatic carbocycles. The van der Waals surface area contributed by atoms with Crippen LogP contribution in [0.4, 0.5) is 5.69 Å². The third kappa shape index (κ3) is 6.82. The molecule has 0 atom stereocenters. The van der Waals surface area contributed by atoms with Crippen molar-refractivity contribution in [2.45, 2.75) is 39.0 Å². The second-order valence-corrected chi connectivity index (χ2v) is 4.46. The van der Waals surface area contributed by atoms with Crippen molar-refractivity contribution in [2.24, 2.45) is 0 Å². The van der Waals surface area contributed by atoms with Gasteiger partial charge in [-0.05, 0) is 31.4 Å². The van der Waals surface area contributed by atoms with Crippen LogP contribution in [0.3, 0.4) is 0 Å². The van der Waals surface area contributed by atoms with Crippen LogP contribution in [0.25, 0.3) is 0 Å². The van der Waals surface area contributed by atoms with Crippen LogP contribution >= 0.6 is 0 Å². The Morgan fingerprint density at radius 3 is 2.89 bits per heavy atom. The van der Waals surface area contributed by atoms with Crippen molar-refractivity contribution in [3.8, 4) is 5.75 Å². The van der Waals surface area contributed by atoms with Gasteiger partial charge < -0.3 is 15.2 Å².